The maximum atomic E-state index is 12.3. The Morgan fingerprint density at radius 1 is 1.29 bits per heavy atom. The summed E-state index contributed by atoms with van der Waals surface area (Å²) in [6.07, 6.45) is 4.35. The molecule has 0 radical (unpaired) electrons. The number of amides is 1. The quantitative estimate of drug-likeness (QED) is 0.828. The lowest BCUT2D eigenvalue weighted by molar-refractivity contribution is 0.0792. The van der Waals surface area contributed by atoms with Gasteiger partial charge in [0.2, 0.25) is 10.0 Å². The lowest BCUT2D eigenvalue weighted by atomic mass is 9.91. The van der Waals surface area contributed by atoms with E-state index in [1.165, 1.54) is 7.11 Å². The maximum Gasteiger partial charge on any atom is 0.409 e. The number of hydrogen-bond donors (Lipinski definition) is 1. The minimum atomic E-state index is -3.39. The van der Waals surface area contributed by atoms with Gasteiger partial charge < -0.3 is 9.64 Å². The number of carbonyl (C=O) groups excluding carboxylic acids is 1. The first-order chi connectivity index (χ1) is 13.4. The zero-order chi connectivity index (χ0) is 20.1. The number of nitrogens with zero attached hydrogens (tertiary/aromatic N) is 2. The van der Waals surface area contributed by atoms with E-state index < -0.39 is 16.1 Å². The van der Waals surface area contributed by atoms with Gasteiger partial charge in [0.25, 0.3) is 0 Å². The summed E-state index contributed by atoms with van der Waals surface area (Å²) in [6, 6.07) is 13.0. The fourth-order valence-electron chi connectivity index (χ4n) is 3.70. The standard InChI is InChI=1S/C20H25N3O4S/c1-27-20(24)23-12-6-10-18(22-28(2,25)26)19(23)14-15-7-5-8-16(13-15)17-9-3-4-11-21-17/h3-5,7-9,11,13,18-19,22H,6,10,12,14H2,1-2H3. The van der Waals surface area contributed by atoms with Crippen LogP contribution in [0.5, 0.6) is 0 Å². The van der Waals surface area contributed by atoms with Gasteiger partial charge in [0.15, 0.2) is 0 Å². The molecule has 8 heteroatoms. The van der Waals surface area contributed by atoms with Gasteiger partial charge in [0.05, 0.1) is 25.1 Å². The normalized spacial score (nSPS) is 20.0. The van der Waals surface area contributed by atoms with E-state index in [2.05, 4.69) is 9.71 Å². The number of benzene rings is 1. The Kier molecular flexibility index (Phi) is 6.31. The van der Waals surface area contributed by atoms with Crippen LogP contribution in [-0.4, -0.2) is 56.4 Å². The van der Waals surface area contributed by atoms with Crippen LogP contribution in [0, 0.1) is 0 Å². The number of carbonyl (C=O) groups is 1. The number of nitrogens with one attached hydrogen (secondary N) is 1. The zero-order valence-corrected chi connectivity index (χ0v) is 16.9. The number of aromatic nitrogens is 1. The van der Waals surface area contributed by atoms with Crippen LogP contribution in [0.4, 0.5) is 4.79 Å². The van der Waals surface area contributed by atoms with Crippen LogP contribution in [-0.2, 0) is 21.2 Å². The van der Waals surface area contributed by atoms with Gasteiger partial charge in [0.1, 0.15) is 0 Å². The van der Waals surface area contributed by atoms with Gasteiger partial charge >= 0.3 is 6.09 Å². The molecule has 1 aliphatic rings. The number of pyridine rings is 1. The lowest BCUT2D eigenvalue weighted by Gasteiger charge is -2.40. The van der Waals surface area contributed by atoms with Crippen LogP contribution in [0.1, 0.15) is 18.4 Å². The molecule has 2 heterocycles. The van der Waals surface area contributed by atoms with Crippen LogP contribution in [0.3, 0.4) is 0 Å². The van der Waals surface area contributed by atoms with Crippen LogP contribution in [0.25, 0.3) is 11.3 Å². The summed E-state index contributed by atoms with van der Waals surface area (Å²) in [7, 11) is -2.05. The minimum Gasteiger partial charge on any atom is -0.453 e. The maximum absolute atomic E-state index is 12.3. The van der Waals surface area contributed by atoms with Crippen molar-refractivity contribution in [3.63, 3.8) is 0 Å². The summed E-state index contributed by atoms with van der Waals surface area (Å²) in [5.41, 5.74) is 2.85. The van der Waals surface area contributed by atoms with E-state index in [0.29, 0.717) is 25.8 Å². The van der Waals surface area contributed by atoms with Crippen molar-refractivity contribution in [1.82, 2.24) is 14.6 Å². The second-order valence-corrected chi connectivity index (χ2v) is 8.77. The molecule has 1 saturated heterocycles. The summed E-state index contributed by atoms with van der Waals surface area (Å²) in [4.78, 5) is 18.3. The second-order valence-electron chi connectivity index (χ2n) is 6.99. The van der Waals surface area contributed by atoms with E-state index in [1.54, 1.807) is 11.1 Å². The molecule has 1 fully saturated rings. The summed E-state index contributed by atoms with van der Waals surface area (Å²) in [5.74, 6) is 0. The van der Waals surface area contributed by atoms with Gasteiger partial charge in [-0.05, 0) is 43.0 Å². The molecule has 0 saturated carbocycles. The first-order valence-corrected chi connectivity index (χ1v) is 11.1. The van der Waals surface area contributed by atoms with E-state index >= 15 is 0 Å². The molecule has 0 bridgehead atoms. The first kappa shape index (κ1) is 20.3. The number of likely N-dealkylation sites (tertiary alicyclic amines) is 1. The Morgan fingerprint density at radius 2 is 2.11 bits per heavy atom. The summed E-state index contributed by atoms with van der Waals surface area (Å²) < 4.78 is 31.3. The molecule has 2 aromatic rings. The van der Waals surface area contributed by atoms with Gasteiger partial charge in [-0.2, -0.15) is 0 Å². The molecule has 150 valence electrons. The molecular weight excluding hydrogens is 378 g/mol. The molecule has 1 N–H and O–H groups in total. The Hall–Kier alpha value is -2.45. The molecule has 2 unspecified atom stereocenters. The van der Waals surface area contributed by atoms with Crippen molar-refractivity contribution >= 4 is 16.1 Å². The summed E-state index contributed by atoms with van der Waals surface area (Å²) >= 11 is 0. The molecule has 1 aromatic carbocycles. The number of rotatable bonds is 5. The molecule has 28 heavy (non-hydrogen) atoms. The molecule has 1 amide bonds. The highest BCUT2D eigenvalue weighted by Gasteiger charge is 2.36. The Bertz CT molecular complexity index is 918. The predicted octanol–water partition coefficient (Wildman–Crippen LogP) is 2.44. The van der Waals surface area contributed by atoms with Gasteiger partial charge in [-0.3, -0.25) is 4.98 Å². The van der Waals surface area contributed by atoms with E-state index in [4.69, 9.17) is 4.74 Å². The fraction of sp³-hybridized carbons (Fsp3) is 0.400. The SMILES string of the molecule is COC(=O)N1CCCC(NS(C)(=O)=O)C1Cc1cccc(-c2ccccn2)c1. The van der Waals surface area contributed by atoms with Crippen LogP contribution < -0.4 is 4.72 Å². The van der Waals surface area contributed by atoms with Crippen LogP contribution in [0.2, 0.25) is 0 Å². The molecule has 7 nitrogen and oxygen atoms in total. The van der Waals surface area contributed by atoms with Gasteiger partial charge in [-0.1, -0.05) is 24.3 Å². The van der Waals surface area contributed by atoms with Crippen molar-refractivity contribution in [2.45, 2.75) is 31.3 Å². The summed E-state index contributed by atoms with van der Waals surface area (Å²) in [5, 5.41) is 0. The molecule has 2 atom stereocenters. The largest absolute Gasteiger partial charge is 0.453 e. The predicted molar refractivity (Wildman–Crippen MR) is 107 cm³/mol. The van der Waals surface area contributed by atoms with E-state index in [-0.39, 0.29) is 12.1 Å². The molecule has 1 aromatic heterocycles. The molecule has 1 aliphatic heterocycles. The second kappa shape index (κ2) is 8.70. The van der Waals surface area contributed by atoms with Crippen molar-refractivity contribution in [2.75, 3.05) is 19.9 Å². The Morgan fingerprint density at radius 3 is 2.79 bits per heavy atom. The lowest BCUT2D eigenvalue weighted by Crippen LogP contribution is -2.57. The number of methoxy groups -OCH3 is 1. The van der Waals surface area contributed by atoms with Crippen molar-refractivity contribution in [3.8, 4) is 11.3 Å². The number of ether oxygens (including phenoxy) is 1. The monoisotopic (exact) mass is 403 g/mol. The smallest absolute Gasteiger partial charge is 0.409 e. The van der Waals surface area contributed by atoms with E-state index in [9.17, 15) is 13.2 Å². The van der Waals surface area contributed by atoms with Crippen LogP contribution >= 0.6 is 0 Å². The fourth-order valence-corrected chi connectivity index (χ4v) is 4.52. The molecule has 3 rings (SSSR count). The topological polar surface area (TPSA) is 88.6 Å². The molecular formula is C20H25N3O4S. The third-order valence-corrected chi connectivity index (χ3v) is 5.62. The first-order valence-electron chi connectivity index (χ1n) is 9.19. The van der Waals surface area contributed by atoms with Gasteiger partial charge in [-0.15, -0.1) is 0 Å². The molecule has 0 spiro atoms. The number of sulfonamides is 1. The zero-order valence-electron chi connectivity index (χ0n) is 16.0. The highest BCUT2D eigenvalue weighted by atomic mass is 32.2. The highest BCUT2D eigenvalue weighted by molar-refractivity contribution is 7.88. The van der Waals surface area contributed by atoms with E-state index in [1.807, 2.05) is 42.5 Å². The van der Waals surface area contributed by atoms with Crippen molar-refractivity contribution < 1.29 is 17.9 Å². The van der Waals surface area contributed by atoms with Crippen molar-refractivity contribution in [3.05, 3.63) is 54.2 Å². The minimum absolute atomic E-state index is 0.324. The van der Waals surface area contributed by atoms with Gasteiger partial charge in [0, 0.05) is 24.3 Å². The Balaban J connectivity index is 1.89. The van der Waals surface area contributed by atoms with Crippen molar-refractivity contribution in [2.24, 2.45) is 0 Å². The summed E-state index contributed by atoms with van der Waals surface area (Å²) in [6.45, 7) is 0.541. The number of piperidine rings is 1. The average Bonchev–Trinajstić information content (AvgIpc) is 2.68. The highest BCUT2D eigenvalue weighted by Crippen LogP contribution is 2.25. The third kappa shape index (κ3) is 5.08. The number of hydrogen-bond acceptors (Lipinski definition) is 5. The molecule has 0 aliphatic carbocycles. The Labute approximate surface area is 165 Å². The average molecular weight is 404 g/mol. The third-order valence-electron chi connectivity index (χ3n) is 4.89. The van der Waals surface area contributed by atoms with E-state index in [0.717, 1.165) is 23.1 Å². The van der Waals surface area contributed by atoms with Crippen LogP contribution in [0.15, 0.2) is 48.7 Å². The van der Waals surface area contributed by atoms with Crippen molar-refractivity contribution in [1.29, 1.82) is 0 Å². The van der Waals surface area contributed by atoms with Gasteiger partial charge in [-0.25, -0.2) is 17.9 Å².